The number of benzene rings is 2. The van der Waals surface area contributed by atoms with Gasteiger partial charge in [-0.05, 0) is 55.3 Å². The number of pyridine rings is 1. The second kappa shape index (κ2) is 7.56. The molecule has 142 valence electrons. The number of non-ortho nitro benzene ring substituents is 1. The molecule has 6 nitrogen and oxygen atoms in total. The number of aromatic nitrogens is 1. The third-order valence-corrected chi connectivity index (χ3v) is 5.51. The number of rotatable bonds is 4. The number of halogens is 1. The number of carbonyl (C=O) groups excluding carboxylic acids is 1. The van der Waals surface area contributed by atoms with E-state index in [4.69, 9.17) is 11.6 Å². The van der Waals surface area contributed by atoms with Crippen LogP contribution in [-0.2, 0) is 0 Å². The lowest BCUT2D eigenvalue weighted by Crippen LogP contribution is -2.36. The molecular weight excluding hydrogens is 378 g/mol. The molecule has 0 saturated carbocycles. The highest BCUT2D eigenvalue weighted by Gasteiger charge is 2.27. The lowest BCUT2D eigenvalue weighted by molar-refractivity contribution is -0.383. The number of nitrogens with zero attached hydrogens (tertiary/aromatic N) is 3. The van der Waals surface area contributed by atoms with Gasteiger partial charge in [0.1, 0.15) is 5.52 Å². The van der Waals surface area contributed by atoms with Gasteiger partial charge in [-0.15, -0.1) is 0 Å². The Bertz CT molecular complexity index is 1040. The van der Waals surface area contributed by atoms with E-state index >= 15 is 0 Å². The van der Waals surface area contributed by atoms with Crippen LogP contribution < -0.4 is 4.90 Å². The van der Waals surface area contributed by atoms with E-state index < -0.39 is 0 Å². The maximum atomic E-state index is 12.7. The summed E-state index contributed by atoms with van der Waals surface area (Å²) in [7, 11) is 0. The highest BCUT2D eigenvalue weighted by atomic mass is 35.5. The van der Waals surface area contributed by atoms with E-state index in [1.165, 1.54) is 6.07 Å². The molecule has 28 heavy (non-hydrogen) atoms. The first-order chi connectivity index (χ1) is 13.5. The minimum Gasteiger partial charge on any atom is -0.370 e. The highest BCUT2D eigenvalue weighted by Crippen LogP contribution is 2.34. The minimum absolute atomic E-state index is 0.0327. The second-order valence-electron chi connectivity index (χ2n) is 6.89. The van der Waals surface area contributed by atoms with Crippen molar-refractivity contribution in [3.63, 3.8) is 0 Å². The van der Waals surface area contributed by atoms with Crippen LogP contribution in [0.4, 0.5) is 11.4 Å². The van der Waals surface area contributed by atoms with Gasteiger partial charge in [-0.1, -0.05) is 11.6 Å². The molecule has 1 aliphatic heterocycles. The van der Waals surface area contributed by atoms with Crippen molar-refractivity contribution in [2.24, 2.45) is 5.92 Å². The fraction of sp³-hybridized carbons (Fsp3) is 0.238. The van der Waals surface area contributed by atoms with Crippen LogP contribution >= 0.6 is 11.6 Å². The number of nitro benzene ring substituents is 1. The fourth-order valence-electron chi connectivity index (χ4n) is 3.79. The van der Waals surface area contributed by atoms with Gasteiger partial charge in [0.15, 0.2) is 5.78 Å². The van der Waals surface area contributed by atoms with Gasteiger partial charge in [0.2, 0.25) is 0 Å². The van der Waals surface area contributed by atoms with Gasteiger partial charge in [0.05, 0.1) is 16.0 Å². The Morgan fingerprint density at radius 3 is 2.50 bits per heavy atom. The predicted molar refractivity (Wildman–Crippen MR) is 109 cm³/mol. The van der Waals surface area contributed by atoms with Crippen molar-refractivity contribution in [1.82, 2.24) is 4.98 Å². The van der Waals surface area contributed by atoms with E-state index in [9.17, 15) is 14.9 Å². The monoisotopic (exact) mass is 395 g/mol. The highest BCUT2D eigenvalue weighted by molar-refractivity contribution is 6.30. The fourth-order valence-corrected chi connectivity index (χ4v) is 3.92. The Balaban J connectivity index is 1.54. The molecule has 0 unspecified atom stereocenters. The molecule has 0 amide bonds. The van der Waals surface area contributed by atoms with Gasteiger partial charge >= 0.3 is 0 Å². The summed E-state index contributed by atoms with van der Waals surface area (Å²) in [6.45, 7) is 1.40. The molecule has 0 atom stereocenters. The van der Waals surface area contributed by atoms with Gasteiger partial charge in [-0.3, -0.25) is 19.9 Å². The molecule has 0 N–H and O–H groups in total. The first kappa shape index (κ1) is 18.4. The Kier molecular flexibility index (Phi) is 4.96. The topological polar surface area (TPSA) is 76.3 Å². The third kappa shape index (κ3) is 3.43. The summed E-state index contributed by atoms with van der Waals surface area (Å²) in [5, 5.41) is 12.4. The van der Waals surface area contributed by atoms with Crippen molar-refractivity contribution in [1.29, 1.82) is 0 Å². The van der Waals surface area contributed by atoms with E-state index in [-0.39, 0.29) is 22.3 Å². The summed E-state index contributed by atoms with van der Waals surface area (Å²) in [6.07, 6.45) is 3.10. The van der Waals surface area contributed by atoms with Gasteiger partial charge < -0.3 is 4.90 Å². The van der Waals surface area contributed by atoms with Crippen molar-refractivity contribution in [2.75, 3.05) is 18.0 Å². The SMILES string of the molecule is O=C(c1ccc(Cl)cc1)C1CCN(c2ccc([N+](=O)[O-])c3cccnc23)CC1. The minimum atomic E-state index is -0.384. The van der Waals surface area contributed by atoms with Crippen LogP contribution in [0.15, 0.2) is 54.7 Å². The molecule has 2 aromatic carbocycles. The number of hydrogen-bond donors (Lipinski definition) is 0. The van der Waals surface area contributed by atoms with Gasteiger partial charge in [0.25, 0.3) is 5.69 Å². The quantitative estimate of drug-likeness (QED) is 0.357. The largest absolute Gasteiger partial charge is 0.370 e. The van der Waals surface area contributed by atoms with E-state index in [1.807, 2.05) is 0 Å². The molecule has 1 aliphatic rings. The molecule has 4 rings (SSSR count). The van der Waals surface area contributed by atoms with Crippen molar-refractivity contribution in [3.8, 4) is 0 Å². The summed E-state index contributed by atoms with van der Waals surface area (Å²) < 4.78 is 0. The van der Waals surface area contributed by atoms with Crippen molar-refractivity contribution < 1.29 is 9.72 Å². The number of nitro groups is 1. The van der Waals surface area contributed by atoms with Crippen LogP contribution in [0.2, 0.25) is 5.02 Å². The number of fused-ring (bicyclic) bond motifs is 1. The molecule has 7 heteroatoms. The van der Waals surface area contributed by atoms with Crippen LogP contribution in [0, 0.1) is 16.0 Å². The van der Waals surface area contributed by atoms with Gasteiger partial charge in [0, 0.05) is 41.9 Å². The Labute approximate surface area is 166 Å². The summed E-state index contributed by atoms with van der Waals surface area (Å²) in [4.78, 5) is 30.2. The average molecular weight is 396 g/mol. The molecule has 0 bridgehead atoms. The van der Waals surface area contributed by atoms with E-state index in [0.29, 0.717) is 34.6 Å². The maximum Gasteiger partial charge on any atom is 0.278 e. The van der Waals surface area contributed by atoms with E-state index in [1.54, 1.807) is 48.7 Å². The molecule has 0 aliphatic carbocycles. The number of ketones is 1. The Morgan fingerprint density at radius 2 is 1.82 bits per heavy atom. The van der Waals surface area contributed by atoms with Gasteiger partial charge in [-0.25, -0.2) is 0 Å². The first-order valence-electron chi connectivity index (χ1n) is 9.11. The average Bonchev–Trinajstić information content (AvgIpc) is 2.73. The number of hydrogen-bond acceptors (Lipinski definition) is 5. The summed E-state index contributed by atoms with van der Waals surface area (Å²) >= 11 is 5.90. The van der Waals surface area contributed by atoms with Crippen LogP contribution in [0.5, 0.6) is 0 Å². The predicted octanol–water partition coefficient (Wildman–Crippen LogP) is 4.90. The van der Waals surface area contributed by atoms with Crippen molar-refractivity contribution in [2.45, 2.75) is 12.8 Å². The zero-order valence-corrected chi connectivity index (χ0v) is 15.8. The lowest BCUT2D eigenvalue weighted by atomic mass is 9.88. The molecule has 1 saturated heterocycles. The molecule has 1 aromatic heterocycles. The summed E-state index contributed by atoms with van der Waals surface area (Å²) in [6, 6.07) is 13.7. The van der Waals surface area contributed by atoms with Crippen molar-refractivity contribution in [3.05, 3.63) is 75.4 Å². The Morgan fingerprint density at radius 1 is 1.11 bits per heavy atom. The maximum absolute atomic E-state index is 12.7. The standard InChI is InChI=1S/C21H18ClN3O3/c22-16-5-3-14(4-6-16)21(26)15-9-12-24(13-10-15)19-8-7-18(25(27)28)17-2-1-11-23-20(17)19/h1-8,11,15H,9-10,12-13H2. The molecule has 2 heterocycles. The van der Waals surface area contributed by atoms with Crippen molar-refractivity contribution >= 4 is 39.7 Å². The third-order valence-electron chi connectivity index (χ3n) is 5.26. The lowest BCUT2D eigenvalue weighted by Gasteiger charge is -2.33. The van der Waals surface area contributed by atoms with Crippen LogP contribution in [0.25, 0.3) is 10.9 Å². The summed E-state index contributed by atoms with van der Waals surface area (Å²) in [5.41, 5.74) is 2.24. The van der Waals surface area contributed by atoms with Gasteiger partial charge in [-0.2, -0.15) is 0 Å². The molecule has 0 radical (unpaired) electrons. The number of piperidine rings is 1. The normalized spacial score (nSPS) is 15.0. The number of carbonyl (C=O) groups is 1. The summed E-state index contributed by atoms with van der Waals surface area (Å²) in [5.74, 6) is 0.109. The Hall–Kier alpha value is -2.99. The van der Waals surface area contributed by atoms with E-state index in [2.05, 4.69) is 9.88 Å². The molecule has 0 spiro atoms. The molecule has 1 fully saturated rings. The number of Topliss-reactive ketones (excluding diaryl/α,β-unsaturated/α-hetero) is 1. The smallest absolute Gasteiger partial charge is 0.278 e. The molecule has 3 aromatic rings. The molecular formula is C21H18ClN3O3. The number of anilines is 1. The van der Waals surface area contributed by atoms with E-state index in [0.717, 1.165) is 18.5 Å². The van der Waals surface area contributed by atoms with Crippen LogP contribution in [-0.4, -0.2) is 28.8 Å². The van der Waals surface area contributed by atoms with Crippen LogP contribution in [0.1, 0.15) is 23.2 Å². The second-order valence-corrected chi connectivity index (χ2v) is 7.33. The zero-order valence-electron chi connectivity index (χ0n) is 15.0. The van der Waals surface area contributed by atoms with Crippen LogP contribution in [0.3, 0.4) is 0 Å². The first-order valence-corrected chi connectivity index (χ1v) is 9.49. The zero-order chi connectivity index (χ0) is 19.7.